The molecule has 0 amide bonds. The Kier molecular flexibility index (Phi) is 4.89. The SMILES string of the molecule is CCc1cc2ccc(C(C)(C#N)CCOc3ccc4c(c3)OCO4)cc2[nH]c1=O. The monoisotopic (exact) mass is 390 g/mol. The van der Waals surface area contributed by atoms with Gasteiger partial charge in [0.1, 0.15) is 5.75 Å². The van der Waals surface area contributed by atoms with Crippen LogP contribution < -0.4 is 19.8 Å². The summed E-state index contributed by atoms with van der Waals surface area (Å²) in [6.07, 6.45) is 1.18. The molecule has 2 heterocycles. The smallest absolute Gasteiger partial charge is 0.251 e. The van der Waals surface area contributed by atoms with Gasteiger partial charge in [-0.3, -0.25) is 4.79 Å². The summed E-state index contributed by atoms with van der Waals surface area (Å²) in [4.78, 5) is 15.1. The van der Waals surface area contributed by atoms with Crippen molar-refractivity contribution in [3.05, 3.63) is 63.9 Å². The predicted octanol–water partition coefficient (Wildman–Crippen LogP) is 4.07. The maximum Gasteiger partial charge on any atom is 0.251 e. The quantitative estimate of drug-likeness (QED) is 0.686. The van der Waals surface area contributed by atoms with Gasteiger partial charge in [-0.15, -0.1) is 0 Å². The molecule has 0 saturated heterocycles. The second-order valence-corrected chi connectivity index (χ2v) is 7.34. The van der Waals surface area contributed by atoms with Crippen molar-refractivity contribution in [1.29, 1.82) is 5.26 Å². The average Bonchev–Trinajstić information content (AvgIpc) is 3.20. The van der Waals surface area contributed by atoms with Crippen LogP contribution in [0.15, 0.2) is 47.3 Å². The second kappa shape index (κ2) is 7.51. The third-order valence-electron chi connectivity index (χ3n) is 5.40. The Bertz CT molecular complexity index is 1160. The van der Waals surface area contributed by atoms with E-state index in [4.69, 9.17) is 14.2 Å². The van der Waals surface area contributed by atoms with Crippen LogP contribution in [0.5, 0.6) is 17.2 Å². The highest BCUT2D eigenvalue weighted by atomic mass is 16.7. The number of H-pyrrole nitrogens is 1. The van der Waals surface area contributed by atoms with Crippen LogP contribution in [0.3, 0.4) is 0 Å². The molecule has 0 fully saturated rings. The van der Waals surface area contributed by atoms with Crippen molar-refractivity contribution < 1.29 is 14.2 Å². The minimum Gasteiger partial charge on any atom is -0.493 e. The summed E-state index contributed by atoms with van der Waals surface area (Å²) < 4.78 is 16.5. The van der Waals surface area contributed by atoms with Crippen molar-refractivity contribution in [2.24, 2.45) is 0 Å². The Morgan fingerprint density at radius 3 is 2.79 bits per heavy atom. The Hall–Kier alpha value is -3.46. The number of pyridine rings is 1. The lowest BCUT2D eigenvalue weighted by Gasteiger charge is -2.22. The summed E-state index contributed by atoms with van der Waals surface area (Å²) in [7, 11) is 0. The van der Waals surface area contributed by atoms with E-state index < -0.39 is 5.41 Å². The van der Waals surface area contributed by atoms with Crippen molar-refractivity contribution in [1.82, 2.24) is 4.98 Å². The number of aromatic amines is 1. The maximum absolute atomic E-state index is 12.1. The first-order valence-electron chi connectivity index (χ1n) is 9.62. The average molecular weight is 390 g/mol. The molecule has 2 aromatic carbocycles. The molecule has 6 heteroatoms. The minimum absolute atomic E-state index is 0.0815. The number of fused-ring (bicyclic) bond motifs is 2. The first-order chi connectivity index (χ1) is 14.0. The number of hydrogen-bond donors (Lipinski definition) is 1. The van der Waals surface area contributed by atoms with Crippen molar-refractivity contribution in [3.63, 3.8) is 0 Å². The van der Waals surface area contributed by atoms with Crippen LogP contribution in [0.2, 0.25) is 0 Å². The van der Waals surface area contributed by atoms with E-state index in [9.17, 15) is 10.1 Å². The fraction of sp³-hybridized carbons (Fsp3) is 0.304. The second-order valence-electron chi connectivity index (χ2n) is 7.34. The Labute approximate surface area is 168 Å². The maximum atomic E-state index is 12.1. The van der Waals surface area contributed by atoms with Gasteiger partial charge < -0.3 is 19.2 Å². The normalized spacial score (nSPS) is 14.4. The lowest BCUT2D eigenvalue weighted by molar-refractivity contribution is 0.173. The van der Waals surface area contributed by atoms with Crippen molar-refractivity contribution >= 4 is 10.9 Å². The van der Waals surface area contributed by atoms with E-state index in [2.05, 4.69) is 11.1 Å². The van der Waals surface area contributed by atoms with Gasteiger partial charge in [0, 0.05) is 23.6 Å². The van der Waals surface area contributed by atoms with Crippen molar-refractivity contribution in [2.75, 3.05) is 13.4 Å². The zero-order valence-corrected chi connectivity index (χ0v) is 16.5. The molecule has 6 nitrogen and oxygen atoms in total. The van der Waals surface area contributed by atoms with Crippen LogP contribution in [0, 0.1) is 11.3 Å². The number of aryl methyl sites for hydroxylation is 1. The highest BCUT2D eigenvalue weighted by Crippen LogP contribution is 2.35. The van der Waals surface area contributed by atoms with Gasteiger partial charge in [0.05, 0.1) is 18.1 Å². The molecular weight excluding hydrogens is 368 g/mol. The van der Waals surface area contributed by atoms with Crippen molar-refractivity contribution in [3.8, 4) is 23.3 Å². The number of ether oxygens (including phenoxy) is 3. The summed E-state index contributed by atoms with van der Waals surface area (Å²) in [6.45, 7) is 4.43. The zero-order valence-electron chi connectivity index (χ0n) is 16.5. The van der Waals surface area contributed by atoms with Gasteiger partial charge in [-0.1, -0.05) is 19.1 Å². The third-order valence-corrected chi connectivity index (χ3v) is 5.40. The van der Waals surface area contributed by atoms with Gasteiger partial charge in [0.25, 0.3) is 5.56 Å². The Balaban J connectivity index is 1.52. The molecule has 29 heavy (non-hydrogen) atoms. The Morgan fingerprint density at radius 1 is 1.17 bits per heavy atom. The van der Waals surface area contributed by atoms with Crippen LogP contribution >= 0.6 is 0 Å². The first-order valence-corrected chi connectivity index (χ1v) is 9.62. The molecule has 1 atom stereocenters. The largest absolute Gasteiger partial charge is 0.493 e. The van der Waals surface area contributed by atoms with Gasteiger partial charge in [-0.25, -0.2) is 0 Å². The number of rotatable bonds is 6. The third kappa shape index (κ3) is 3.64. The lowest BCUT2D eigenvalue weighted by atomic mass is 9.81. The molecule has 3 aromatic rings. The molecule has 0 aliphatic carbocycles. The molecule has 0 saturated carbocycles. The molecule has 0 spiro atoms. The summed E-state index contributed by atoms with van der Waals surface area (Å²) in [5.74, 6) is 2.04. The van der Waals surface area contributed by atoms with Gasteiger partial charge in [-0.05, 0) is 48.6 Å². The highest BCUT2D eigenvalue weighted by molar-refractivity contribution is 5.80. The highest BCUT2D eigenvalue weighted by Gasteiger charge is 2.27. The summed E-state index contributed by atoms with van der Waals surface area (Å²) in [6, 6.07) is 15.5. The molecule has 4 rings (SSSR count). The fourth-order valence-electron chi connectivity index (χ4n) is 3.46. The van der Waals surface area contributed by atoms with E-state index in [1.54, 1.807) is 6.07 Å². The van der Waals surface area contributed by atoms with E-state index in [-0.39, 0.29) is 12.4 Å². The van der Waals surface area contributed by atoms with Gasteiger partial charge >= 0.3 is 0 Å². The molecule has 1 unspecified atom stereocenters. The molecule has 1 aromatic heterocycles. The number of hydrogen-bond acceptors (Lipinski definition) is 5. The van der Waals surface area contributed by atoms with E-state index in [0.29, 0.717) is 36.7 Å². The fourth-order valence-corrected chi connectivity index (χ4v) is 3.46. The van der Waals surface area contributed by atoms with E-state index in [0.717, 1.165) is 22.0 Å². The van der Waals surface area contributed by atoms with Crippen molar-refractivity contribution in [2.45, 2.75) is 32.1 Å². The molecule has 1 N–H and O–H groups in total. The first kappa shape index (κ1) is 18.9. The molecule has 0 bridgehead atoms. The van der Waals surface area contributed by atoms with E-state index in [1.807, 2.05) is 50.2 Å². The standard InChI is InChI=1S/C23H22N2O4/c1-3-15-10-16-4-5-17(11-19(16)25-22(15)26)23(2,13-24)8-9-27-18-6-7-20-21(12-18)29-14-28-20/h4-7,10-12H,3,8-9,14H2,1-2H3,(H,25,26). The summed E-state index contributed by atoms with van der Waals surface area (Å²) >= 11 is 0. The van der Waals surface area contributed by atoms with E-state index in [1.165, 1.54) is 0 Å². The number of nitriles is 1. The molecule has 1 aliphatic rings. The minimum atomic E-state index is -0.745. The number of benzene rings is 2. The zero-order chi connectivity index (χ0) is 20.4. The lowest BCUT2D eigenvalue weighted by Crippen LogP contribution is -2.23. The number of aromatic nitrogens is 1. The van der Waals surface area contributed by atoms with Crippen LogP contribution in [-0.2, 0) is 11.8 Å². The molecule has 0 radical (unpaired) electrons. The van der Waals surface area contributed by atoms with Crippen LogP contribution in [-0.4, -0.2) is 18.4 Å². The summed E-state index contributed by atoms with van der Waals surface area (Å²) in [5, 5.41) is 10.8. The van der Waals surface area contributed by atoms with Gasteiger partial charge in [0.2, 0.25) is 6.79 Å². The Morgan fingerprint density at radius 2 is 2.00 bits per heavy atom. The predicted molar refractivity (Wildman–Crippen MR) is 110 cm³/mol. The number of nitrogens with zero attached hydrogens (tertiary/aromatic N) is 1. The number of nitrogens with one attached hydrogen (secondary N) is 1. The van der Waals surface area contributed by atoms with Crippen LogP contribution in [0.1, 0.15) is 31.4 Å². The molecular formula is C23H22N2O4. The molecule has 1 aliphatic heterocycles. The topological polar surface area (TPSA) is 84.3 Å². The van der Waals surface area contributed by atoms with Gasteiger partial charge in [-0.2, -0.15) is 5.26 Å². The summed E-state index contributed by atoms with van der Waals surface area (Å²) in [5.41, 5.74) is 1.52. The van der Waals surface area contributed by atoms with E-state index >= 15 is 0 Å². The molecule has 148 valence electrons. The van der Waals surface area contributed by atoms with Crippen LogP contribution in [0.4, 0.5) is 0 Å². The van der Waals surface area contributed by atoms with Crippen LogP contribution in [0.25, 0.3) is 10.9 Å². The van der Waals surface area contributed by atoms with Gasteiger partial charge in [0.15, 0.2) is 11.5 Å².